The highest BCUT2D eigenvalue weighted by atomic mass is 79.9. The van der Waals surface area contributed by atoms with E-state index < -0.39 is 11.1 Å². The fraction of sp³-hybridized carbons (Fsp3) is 0.143. The number of nitrogens with one attached hydrogen (secondary N) is 3. The van der Waals surface area contributed by atoms with E-state index in [1.165, 1.54) is 0 Å². The maximum Gasteiger partial charge on any atom is 0.314 e. The molecule has 0 atom stereocenters. The van der Waals surface area contributed by atoms with E-state index in [9.17, 15) is 9.59 Å². The van der Waals surface area contributed by atoms with Crippen molar-refractivity contribution in [2.75, 3.05) is 0 Å². The largest absolute Gasteiger partial charge is 0.468 e. The third kappa shape index (κ3) is 2.98. The number of hydrogen-bond acceptors (Lipinski definition) is 4. The third-order valence-corrected chi connectivity index (χ3v) is 3.53. The second kappa shape index (κ2) is 5.71. The van der Waals surface area contributed by atoms with Crippen molar-refractivity contribution in [1.29, 1.82) is 0 Å². The zero-order valence-electron chi connectivity index (χ0n) is 10.9. The molecule has 7 heteroatoms. The average Bonchev–Trinajstić information content (AvgIpc) is 2.94. The number of rotatable bonds is 4. The maximum atomic E-state index is 11.5. The number of furan rings is 1. The Labute approximate surface area is 127 Å². The van der Waals surface area contributed by atoms with Gasteiger partial charge in [-0.2, -0.15) is 0 Å². The summed E-state index contributed by atoms with van der Waals surface area (Å²) in [5.41, 5.74) is 0.769. The summed E-state index contributed by atoms with van der Waals surface area (Å²) in [7, 11) is 0. The van der Waals surface area contributed by atoms with E-state index >= 15 is 0 Å². The highest BCUT2D eigenvalue weighted by Crippen LogP contribution is 2.20. The van der Waals surface area contributed by atoms with Gasteiger partial charge in [-0.3, -0.25) is 9.59 Å². The zero-order valence-corrected chi connectivity index (χ0v) is 12.5. The molecular formula is C14H12BrN3O3. The van der Waals surface area contributed by atoms with Crippen molar-refractivity contribution >= 4 is 27.0 Å². The summed E-state index contributed by atoms with van der Waals surface area (Å²) in [6, 6.07) is 7.35. The summed E-state index contributed by atoms with van der Waals surface area (Å²) in [6.07, 6.45) is 1.62. The maximum absolute atomic E-state index is 11.5. The Morgan fingerprint density at radius 3 is 2.71 bits per heavy atom. The van der Waals surface area contributed by atoms with Gasteiger partial charge in [0.25, 0.3) is 0 Å². The van der Waals surface area contributed by atoms with Gasteiger partial charge in [0, 0.05) is 11.0 Å². The molecule has 3 aromatic rings. The fourth-order valence-corrected chi connectivity index (χ4v) is 2.64. The Hall–Kier alpha value is -2.12. The van der Waals surface area contributed by atoms with Gasteiger partial charge in [0.05, 0.1) is 23.8 Å². The summed E-state index contributed by atoms with van der Waals surface area (Å²) < 4.78 is 6.07. The normalized spacial score (nSPS) is 11.1. The monoisotopic (exact) mass is 349 g/mol. The molecule has 3 N–H and O–H groups in total. The molecule has 0 radical (unpaired) electrons. The minimum absolute atomic E-state index is 0.526. The Kier molecular flexibility index (Phi) is 3.76. The molecule has 1 aromatic carbocycles. The summed E-state index contributed by atoms with van der Waals surface area (Å²) in [5.74, 6) is 0.830. The van der Waals surface area contributed by atoms with Gasteiger partial charge in [0.15, 0.2) is 0 Å². The number of H-pyrrole nitrogens is 2. The first-order chi connectivity index (χ1) is 10.1. The van der Waals surface area contributed by atoms with Crippen LogP contribution in [0.2, 0.25) is 0 Å². The highest BCUT2D eigenvalue weighted by molar-refractivity contribution is 9.10. The van der Waals surface area contributed by atoms with Crippen LogP contribution in [-0.2, 0) is 13.1 Å². The van der Waals surface area contributed by atoms with Crippen molar-refractivity contribution in [3.8, 4) is 0 Å². The van der Waals surface area contributed by atoms with E-state index in [0.717, 1.165) is 15.8 Å². The predicted molar refractivity (Wildman–Crippen MR) is 82.1 cm³/mol. The van der Waals surface area contributed by atoms with E-state index in [1.54, 1.807) is 12.3 Å². The molecule has 0 aliphatic rings. The Morgan fingerprint density at radius 1 is 1.14 bits per heavy atom. The van der Waals surface area contributed by atoms with Crippen LogP contribution in [0.5, 0.6) is 0 Å². The van der Waals surface area contributed by atoms with Crippen molar-refractivity contribution in [3.63, 3.8) is 0 Å². The van der Waals surface area contributed by atoms with E-state index in [1.807, 2.05) is 18.2 Å². The standard InChI is InChI=1S/C14H12BrN3O3/c15-9-4-8(6-16-7-10-2-1-3-21-10)12-11(5-9)17-13(19)14(20)18-12/h1-5,16H,6-7H2,(H,17,19)(H,18,20). The second-order valence-electron chi connectivity index (χ2n) is 4.58. The van der Waals surface area contributed by atoms with E-state index in [2.05, 4.69) is 31.2 Å². The van der Waals surface area contributed by atoms with Crippen LogP contribution in [0.15, 0.2) is 49.0 Å². The van der Waals surface area contributed by atoms with Crippen molar-refractivity contribution in [2.24, 2.45) is 0 Å². The van der Waals surface area contributed by atoms with Crippen LogP contribution in [0, 0.1) is 0 Å². The molecule has 0 amide bonds. The number of aromatic amines is 2. The van der Waals surface area contributed by atoms with Gasteiger partial charge in [-0.05, 0) is 29.8 Å². The van der Waals surface area contributed by atoms with Gasteiger partial charge >= 0.3 is 11.1 Å². The van der Waals surface area contributed by atoms with Crippen molar-refractivity contribution < 1.29 is 4.42 Å². The lowest BCUT2D eigenvalue weighted by Gasteiger charge is -2.08. The minimum Gasteiger partial charge on any atom is -0.468 e. The summed E-state index contributed by atoms with van der Waals surface area (Å²) in [5, 5.41) is 3.23. The first-order valence-electron chi connectivity index (χ1n) is 6.31. The van der Waals surface area contributed by atoms with Gasteiger partial charge in [-0.1, -0.05) is 15.9 Å². The first-order valence-corrected chi connectivity index (χ1v) is 7.10. The summed E-state index contributed by atoms with van der Waals surface area (Å²) in [6.45, 7) is 1.10. The lowest BCUT2D eigenvalue weighted by atomic mass is 10.1. The number of fused-ring (bicyclic) bond motifs is 1. The highest BCUT2D eigenvalue weighted by Gasteiger charge is 2.07. The SMILES string of the molecule is O=c1[nH]c2cc(Br)cc(CNCc3ccco3)c2[nH]c1=O. The van der Waals surface area contributed by atoms with E-state index in [4.69, 9.17) is 4.42 Å². The molecule has 0 fully saturated rings. The Bertz CT molecular complexity index is 881. The molecule has 6 nitrogen and oxygen atoms in total. The molecule has 108 valence electrons. The van der Waals surface area contributed by atoms with Crippen molar-refractivity contribution in [2.45, 2.75) is 13.1 Å². The van der Waals surface area contributed by atoms with Crippen LogP contribution in [0.25, 0.3) is 11.0 Å². The predicted octanol–water partition coefficient (Wildman–Crippen LogP) is 1.86. The molecule has 2 aromatic heterocycles. The molecular weight excluding hydrogens is 338 g/mol. The molecule has 21 heavy (non-hydrogen) atoms. The van der Waals surface area contributed by atoms with Gasteiger partial charge in [-0.15, -0.1) is 0 Å². The van der Waals surface area contributed by atoms with E-state index in [-0.39, 0.29) is 0 Å². The first kappa shape index (κ1) is 13.8. The van der Waals surface area contributed by atoms with Crippen LogP contribution >= 0.6 is 15.9 Å². The Balaban J connectivity index is 1.91. The summed E-state index contributed by atoms with van der Waals surface area (Å²) in [4.78, 5) is 28.0. The molecule has 0 saturated carbocycles. The zero-order chi connectivity index (χ0) is 14.8. The molecule has 0 aliphatic heterocycles. The minimum atomic E-state index is -0.657. The topological polar surface area (TPSA) is 90.9 Å². The number of hydrogen-bond donors (Lipinski definition) is 3. The lowest BCUT2D eigenvalue weighted by Crippen LogP contribution is -2.29. The van der Waals surface area contributed by atoms with Crippen LogP contribution in [0.3, 0.4) is 0 Å². The Morgan fingerprint density at radius 2 is 1.95 bits per heavy atom. The van der Waals surface area contributed by atoms with Gasteiger partial charge in [-0.25, -0.2) is 0 Å². The van der Waals surface area contributed by atoms with Crippen LogP contribution in [0.4, 0.5) is 0 Å². The molecule has 0 bridgehead atoms. The second-order valence-corrected chi connectivity index (χ2v) is 5.49. The molecule has 0 spiro atoms. The van der Waals surface area contributed by atoms with Crippen LogP contribution < -0.4 is 16.4 Å². The average molecular weight is 350 g/mol. The van der Waals surface area contributed by atoms with Gasteiger partial charge in [0.1, 0.15) is 5.76 Å². The van der Waals surface area contributed by atoms with Crippen molar-refractivity contribution in [3.05, 3.63) is 67.0 Å². The van der Waals surface area contributed by atoms with E-state index in [0.29, 0.717) is 24.1 Å². The van der Waals surface area contributed by atoms with Crippen LogP contribution in [-0.4, -0.2) is 9.97 Å². The summed E-state index contributed by atoms with van der Waals surface area (Å²) >= 11 is 3.40. The third-order valence-electron chi connectivity index (χ3n) is 3.07. The number of aromatic nitrogens is 2. The molecule has 0 unspecified atom stereocenters. The number of halogens is 1. The quantitative estimate of drug-likeness (QED) is 0.627. The van der Waals surface area contributed by atoms with Gasteiger partial charge in [0.2, 0.25) is 0 Å². The molecule has 0 saturated heterocycles. The molecule has 0 aliphatic carbocycles. The molecule has 3 rings (SSSR count). The number of benzene rings is 1. The van der Waals surface area contributed by atoms with Crippen LogP contribution in [0.1, 0.15) is 11.3 Å². The lowest BCUT2D eigenvalue weighted by molar-refractivity contribution is 0.483. The van der Waals surface area contributed by atoms with Gasteiger partial charge < -0.3 is 19.7 Å². The molecule has 2 heterocycles. The fourth-order valence-electron chi connectivity index (χ4n) is 2.13. The smallest absolute Gasteiger partial charge is 0.314 e. The van der Waals surface area contributed by atoms with Crippen molar-refractivity contribution in [1.82, 2.24) is 15.3 Å².